The minimum absolute atomic E-state index is 0.0746. The van der Waals surface area contributed by atoms with Crippen molar-refractivity contribution in [3.8, 4) is 5.75 Å². The number of rotatable bonds is 4. The third kappa shape index (κ3) is 3.11. The van der Waals surface area contributed by atoms with Gasteiger partial charge in [-0.25, -0.2) is 0 Å². The fourth-order valence-corrected chi connectivity index (χ4v) is 1.63. The summed E-state index contributed by atoms with van der Waals surface area (Å²) in [6.45, 7) is 1.69. The molecule has 0 aliphatic heterocycles. The number of amides is 1. The van der Waals surface area contributed by atoms with Crippen LogP contribution >= 0.6 is 11.6 Å². The van der Waals surface area contributed by atoms with E-state index in [-0.39, 0.29) is 18.9 Å². The number of nitrogens with zero attached hydrogens (tertiary/aromatic N) is 1. The number of halogens is 1. The van der Waals surface area contributed by atoms with E-state index in [2.05, 4.69) is 0 Å². The number of aryl methyl sites for hydroxylation is 1. The van der Waals surface area contributed by atoms with Crippen LogP contribution in [-0.4, -0.2) is 31.8 Å². The molecule has 1 aromatic carbocycles. The van der Waals surface area contributed by atoms with Crippen molar-refractivity contribution < 1.29 is 14.6 Å². The molecule has 0 heterocycles. The zero-order chi connectivity index (χ0) is 13.0. The van der Waals surface area contributed by atoms with E-state index >= 15 is 0 Å². The molecule has 5 heteroatoms. The Morgan fingerprint density at radius 3 is 2.71 bits per heavy atom. The number of aliphatic hydroxyl groups is 1. The standard InChI is InChI=1S/C12H16ClNO3/c1-8-6-11(17-3)10(7-9(8)13)14(2)12(16)4-5-15/h6-7,15H,4-5H2,1-3H3. The van der Waals surface area contributed by atoms with Gasteiger partial charge in [0.05, 0.1) is 25.8 Å². The Bertz CT molecular complexity index is 420. The second kappa shape index (κ2) is 5.89. The average molecular weight is 258 g/mol. The van der Waals surface area contributed by atoms with Crippen molar-refractivity contribution in [2.75, 3.05) is 25.7 Å². The molecule has 0 saturated carbocycles. The second-order valence-corrected chi connectivity index (χ2v) is 4.11. The van der Waals surface area contributed by atoms with Gasteiger partial charge in [0.2, 0.25) is 5.91 Å². The fourth-order valence-electron chi connectivity index (χ4n) is 1.47. The monoisotopic (exact) mass is 257 g/mol. The average Bonchev–Trinajstić information content (AvgIpc) is 2.31. The molecule has 17 heavy (non-hydrogen) atoms. The molecule has 1 amide bonds. The van der Waals surface area contributed by atoms with Crippen LogP contribution in [0.5, 0.6) is 5.75 Å². The summed E-state index contributed by atoms with van der Waals surface area (Å²) in [5.74, 6) is 0.395. The van der Waals surface area contributed by atoms with Crippen LogP contribution in [-0.2, 0) is 4.79 Å². The van der Waals surface area contributed by atoms with E-state index in [0.29, 0.717) is 16.5 Å². The molecule has 94 valence electrons. The van der Waals surface area contributed by atoms with Crippen LogP contribution in [0.4, 0.5) is 5.69 Å². The number of aliphatic hydroxyl groups excluding tert-OH is 1. The minimum atomic E-state index is -0.189. The van der Waals surface area contributed by atoms with Gasteiger partial charge in [-0.1, -0.05) is 11.6 Å². The molecule has 0 unspecified atom stereocenters. The lowest BCUT2D eigenvalue weighted by Crippen LogP contribution is -2.27. The van der Waals surface area contributed by atoms with E-state index in [1.807, 2.05) is 6.92 Å². The summed E-state index contributed by atoms with van der Waals surface area (Å²) < 4.78 is 5.22. The predicted molar refractivity (Wildman–Crippen MR) is 67.9 cm³/mol. The minimum Gasteiger partial charge on any atom is -0.495 e. The lowest BCUT2D eigenvalue weighted by atomic mass is 10.2. The van der Waals surface area contributed by atoms with Gasteiger partial charge in [0, 0.05) is 12.1 Å². The molecule has 4 nitrogen and oxygen atoms in total. The third-order valence-corrected chi connectivity index (χ3v) is 2.93. The smallest absolute Gasteiger partial charge is 0.229 e. The zero-order valence-electron chi connectivity index (χ0n) is 10.2. The van der Waals surface area contributed by atoms with Gasteiger partial charge < -0.3 is 14.7 Å². The number of carbonyl (C=O) groups excluding carboxylic acids is 1. The third-order valence-electron chi connectivity index (χ3n) is 2.52. The van der Waals surface area contributed by atoms with Crippen molar-refractivity contribution in [1.82, 2.24) is 0 Å². The second-order valence-electron chi connectivity index (χ2n) is 3.70. The van der Waals surface area contributed by atoms with Gasteiger partial charge in [0.15, 0.2) is 0 Å². The van der Waals surface area contributed by atoms with Crippen LogP contribution in [0, 0.1) is 6.92 Å². The zero-order valence-corrected chi connectivity index (χ0v) is 10.9. The summed E-state index contributed by atoms with van der Waals surface area (Å²) in [5, 5.41) is 9.33. The van der Waals surface area contributed by atoms with Crippen molar-refractivity contribution in [2.24, 2.45) is 0 Å². The van der Waals surface area contributed by atoms with Crippen LogP contribution < -0.4 is 9.64 Å². The predicted octanol–water partition coefficient (Wildman–Crippen LogP) is 2.00. The first-order chi connectivity index (χ1) is 8.01. The highest BCUT2D eigenvalue weighted by atomic mass is 35.5. The highest BCUT2D eigenvalue weighted by Crippen LogP contribution is 2.33. The Hall–Kier alpha value is -1.26. The van der Waals surface area contributed by atoms with E-state index in [1.165, 1.54) is 12.0 Å². The Morgan fingerprint density at radius 1 is 1.53 bits per heavy atom. The van der Waals surface area contributed by atoms with Crippen molar-refractivity contribution in [1.29, 1.82) is 0 Å². The van der Waals surface area contributed by atoms with E-state index in [4.69, 9.17) is 21.4 Å². The van der Waals surface area contributed by atoms with E-state index in [9.17, 15) is 4.79 Å². The maximum atomic E-state index is 11.7. The number of benzene rings is 1. The Morgan fingerprint density at radius 2 is 2.18 bits per heavy atom. The fraction of sp³-hybridized carbons (Fsp3) is 0.417. The molecule has 0 bridgehead atoms. The molecular formula is C12H16ClNO3. The molecule has 1 aromatic rings. The molecule has 1 rings (SSSR count). The van der Waals surface area contributed by atoms with Crippen molar-refractivity contribution in [3.63, 3.8) is 0 Å². The molecule has 0 aliphatic rings. The number of ether oxygens (including phenoxy) is 1. The van der Waals surface area contributed by atoms with Gasteiger partial charge in [0.25, 0.3) is 0 Å². The number of carbonyl (C=O) groups is 1. The summed E-state index contributed by atoms with van der Waals surface area (Å²) in [6.07, 6.45) is 0.0746. The van der Waals surface area contributed by atoms with Gasteiger partial charge in [-0.3, -0.25) is 4.79 Å². The lowest BCUT2D eigenvalue weighted by molar-refractivity contribution is -0.118. The summed E-state index contributed by atoms with van der Waals surface area (Å²) in [4.78, 5) is 13.1. The van der Waals surface area contributed by atoms with Gasteiger partial charge in [-0.15, -0.1) is 0 Å². The molecule has 0 atom stereocenters. The van der Waals surface area contributed by atoms with E-state index in [1.54, 1.807) is 19.2 Å². The topological polar surface area (TPSA) is 49.8 Å². The highest BCUT2D eigenvalue weighted by molar-refractivity contribution is 6.31. The summed E-state index contributed by atoms with van der Waals surface area (Å²) in [7, 11) is 3.16. The Balaban J connectivity index is 3.11. The van der Waals surface area contributed by atoms with Gasteiger partial charge >= 0.3 is 0 Å². The molecular weight excluding hydrogens is 242 g/mol. The van der Waals surface area contributed by atoms with E-state index < -0.39 is 0 Å². The van der Waals surface area contributed by atoms with Crippen LogP contribution in [0.2, 0.25) is 5.02 Å². The summed E-state index contributed by atoms with van der Waals surface area (Å²) in [5.41, 5.74) is 1.48. The number of hydrogen-bond donors (Lipinski definition) is 1. The molecule has 1 N–H and O–H groups in total. The van der Waals surface area contributed by atoms with Crippen LogP contribution in [0.15, 0.2) is 12.1 Å². The largest absolute Gasteiger partial charge is 0.495 e. The molecule has 0 fully saturated rings. The Labute approximate surface area is 106 Å². The highest BCUT2D eigenvalue weighted by Gasteiger charge is 2.16. The molecule has 0 aliphatic carbocycles. The van der Waals surface area contributed by atoms with Crippen LogP contribution in [0.1, 0.15) is 12.0 Å². The molecule has 0 saturated heterocycles. The quantitative estimate of drug-likeness (QED) is 0.898. The molecule has 0 radical (unpaired) electrons. The lowest BCUT2D eigenvalue weighted by Gasteiger charge is -2.20. The Kier molecular flexibility index (Phi) is 4.78. The van der Waals surface area contributed by atoms with Crippen molar-refractivity contribution in [3.05, 3.63) is 22.7 Å². The maximum absolute atomic E-state index is 11.7. The first kappa shape index (κ1) is 13.8. The van der Waals surface area contributed by atoms with Gasteiger partial charge in [-0.05, 0) is 24.6 Å². The van der Waals surface area contributed by atoms with Gasteiger partial charge in [0.1, 0.15) is 5.75 Å². The van der Waals surface area contributed by atoms with Crippen molar-refractivity contribution in [2.45, 2.75) is 13.3 Å². The number of methoxy groups -OCH3 is 1. The first-order valence-corrected chi connectivity index (χ1v) is 5.60. The first-order valence-electron chi connectivity index (χ1n) is 5.22. The van der Waals surface area contributed by atoms with Crippen LogP contribution in [0.3, 0.4) is 0 Å². The van der Waals surface area contributed by atoms with Gasteiger partial charge in [-0.2, -0.15) is 0 Å². The SMILES string of the molecule is COc1cc(C)c(Cl)cc1N(C)C(=O)CCO. The molecule has 0 aromatic heterocycles. The number of hydrogen-bond acceptors (Lipinski definition) is 3. The maximum Gasteiger partial charge on any atom is 0.229 e. The van der Waals surface area contributed by atoms with E-state index in [0.717, 1.165) is 5.56 Å². The van der Waals surface area contributed by atoms with Crippen LogP contribution in [0.25, 0.3) is 0 Å². The normalized spacial score (nSPS) is 10.2. The summed E-state index contributed by atoms with van der Waals surface area (Å²) in [6, 6.07) is 3.46. The summed E-state index contributed by atoms with van der Waals surface area (Å²) >= 11 is 6.03. The van der Waals surface area contributed by atoms with Crippen molar-refractivity contribution >= 4 is 23.2 Å². The molecule has 0 spiro atoms. The number of anilines is 1.